The van der Waals surface area contributed by atoms with Gasteiger partial charge in [0.2, 0.25) is 0 Å². The molecule has 130 valence electrons. The van der Waals surface area contributed by atoms with E-state index in [9.17, 15) is 0 Å². The minimum Gasteiger partial charge on any atom is -0.381 e. The first-order valence-corrected chi connectivity index (χ1v) is 9.30. The second-order valence-corrected chi connectivity index (χ2v) is 7.26. The van der Waals surface area contributed by atoms with Crippen molar-refractivity contribution in [3.05, 3.63) is 101 Å². The van der Waals surface area contributed by atoms with E-state index >= 15 is 0 Å². The third kappa shape index (κ3) is 2.94. The Balaban J connectivity index is 1.81. The Kier molecular flexibility index (Phi) is 4.38. The minimum absolute atomic E-state index is 0.396. The highest BCUT2D eigenvalue weighted by Gasteiger charge is 2.25. The molecule has 3 aromatic carbocycles. The largest absolute Gasteiger partial charge is 0.381 e. The summed E-state index contributed by atoms with van der Waals surface area (Å²) in [5, 5.41) is 6.27. The number of hydrogen-bond donors (Lipinski definition) is 1. The third-order valence-corrected chi connectivity index (χ3v) is 5.59. The molecule has 1 N–H and O–H groups in total. The van der Waals surface area contributed by atoms with Crippen molar-refractivity contribution in [2.24, 2.45) is 0 Å². The summed E-state index contributed by atoms with van der Waals surface area (Å²) >= 11 is 0. The molecular formula is C25H25N. The summed E-state index contributed by atoms with van der Waals surface area (Å²) in [5.74, 6) is 0.396. The van der Waals surface area contributed by atoms with E-state index in [0.29, 0.717) is 5.92 Å². The van der Waals surface area contributed by atoms with Crippen molar-refractivity contribution in [1.82, 2.24) is 0 Å². The first-order chi connectivity index (χ1) is 12.6. The fourth-order valence-corrected chi connectivity index (χ4v) is 4.15. The van der Waals surface area contributed by atoms with Crippen LogP contribution in [-0.2, 0) is 6.54 Å². The topological polar surface area (TPSA) is 12.0 Å². The van der Waals surface area contributed by atoms with E-state index < -0.39 is 0 Å². The molecule has 4 rings (SSSR count). The molecule has 1 unspecified atom stereocenters. The fourth-order valence-electron chi connectivity index (χ4n) is 4.15. The quantitative estimate of drug-likeness (QED) is 0.549. The zero-order chi connectivity index (χ0) is 18.1. The van der Waals surface area contributed by atoms with Gasteiger partial charge in [0, 0.05) is 18.2 Å². The normalized spacial score (nSPS) is 16.9. The van der Waals surface area contributed by atoms with Gasteiger partial charge in [-0.15, -0.1) is 0 Å². The van der Waals surface area contributed by atoms with E-state index in [1.165, 1.54) is 38.6 Å². The lowest BCUT2D eigenvalue weighted by Crippen LogP contribution is -2.08. The van der Waals surface area contributed by atoms with Crippen molar-refractivity contribution in [3.8, 4) is 0 Å². The van der Waals surface area contributed by atoms with Gasteiger partial charge in [-0.25, -0.2) is 0 Å². The molecule has 0 radical (unpaired) electrons. The lowest BCUT2D eigenvalue weighted by Gasteiger charge is -2.22. The monoisotopic (exact) mass is 339 g/mol. The van der Waals surface area contributed by atoms with Crippen molar-refractivity contribution < 1.29 is 0 Å². The molecule has 0 fully saturated rings. The Hall–Kier alpha value is -2.80. The third-order valence-electron chi connectivity index (χ3n) is 5.59. The molecule has 1 aliphatic rings. The van der Waals surface area contributed by atoms with Crippen molar-refractivity contribution in [2.45, 2.75) is 33.2 Å². The smallest absolute Gasteiger partial charge is 0.0410 e. The second kappa shape index (κ2) is 6.84. The van der Waals surface area contributed by atoms with Crippen molar-refractivity contribution in [3.63, 3.8) is 0 Å². The number of allylic oxidation sites excluding steroid dienone is 4. The van der Waals surface area contributed by atoms with Gasteiger partial charge in [0.1, 0.15) is 0 Å². The summed E-state index contributed by atoms with van der Waals surface area (Å²) < 4.78 is 0. The number of para-hydroxylation sites is 1. The molecule has 26 heavy (non-hydrogen) atoms. The maximum Gasteiger partial charge on any atom is 0.0410 e. The van der Waals surface area contributed by atoms with Gasteiger partial charge < -0.3 is 5.32 Å². The Morgan fingerprint density at radius 1 is 0.808 bits per heavy atom. The van der Waals surface area contributed by atoms with Crippen molar-refractivity contribution in [1.29, 1.82) is 0 Å². The second-order valence-electron chi connectivity index (χ2n) is 7.26. The van der Waals surface area contributed by atoms with Gasteiger partial charge in [0.05, 0.1) is 0 Å². The standard InChI is InChI=1S/C25H25N/c1-17-15-18(2)25(19(17)3)23-14-13-20-9-7-8-12-22(20)24(23)16-26-21-10-5-4-6-11-21/h4-15,25-26H,16H2,1-3H3. The molecule has 0 amide bonds. The molecule has 3 aromatic rings. The summed E-state index contributed by atoms with van der Waals surface area (Å²) in [5.41, 5.74) is 8.31. The van der Waals surface area contributed by atoms with Crippen LogP contribution in [0.25, 0.3) is 10.8 Å². The number of nitrogens with one attached hydrogen (secondary N) is 1. The zero-order valence-electron chi connectivity index (χ0n) is 15.7. The Labute approximate surface area is 156 Å². The van der Waals surface area contributed by atoms with Gasteiger partial charge in [0.25, 0.3) is 0 Å². The SMILES string of the molecule is CC1=CC(C)=C(C)C1c1ccc2ccccc2c1CNc1ccccc1. The van der Waals surface area contributed by atoms with Crippen LogP contribution in [0, 0.1) is 0 Å². The lowest BCUT2D eigenvalue weighted by atomic mass is 9.84. The van der Waals surface area contributed by atoms with Gasteiger partial charge in [-0.05, 0) is 54.8 Å². The number of hydrogen-bond acceptors (Lipinski definition) is 1. The van der Waals surface area contributed by atoms with Crippen LogP contribution in [0.5, 0.6) is 0 Å². The average molecular weight is 339 g/mol. The maximum absolute atomic E-state index is 3.62. The van der Waals surface area contributed by atoms with Crippen molar-refractivity contribution >= 4 is 16.5 Å². The fraction of sp³-hybridized carbons (Fsp3) is 0.200. The lowest BCUT2D eigenvalue weighted by molar-refractivity contribution is 0.916. The molecule has 1 heteroatoms. The Morgan fingerprint density at radius 3 is 2.27 bits per heavy atom. The highest BCUT2D eigenvalue weighted by atomic mass is 14.9. The van der Waals surface area contributed by atoms with E-state index in [0.717, 1.165) is 12.2 Å². The number of rotatable bonds is 4. The highest BCUT2D eigenvalue weighted by molar-refractivity contribution is 5.87. The molecule has 0 saturated heterocycles. The van der Waals surface area contributed by atoms with Crippen LogP contribution in [0.15, 0.2) is 89.5 Å². The number of anilines is 1. The van der Waals surface area contributed by atoms with Gasteiger partial charge in [-0.3, -0.25) is 0 Å². The average Bonchev–Trinajstić information content (AvgIpc) is 2.92. The highest BCUT2D eigenvalue weighted by Crippen LogP contribution is 2.42. The molecule has 0 saturated carbocycles. The summed E-state index contributed by atoms with van der Waals surface area (Å²) in [6, 6.07) is 23.8. The maximum atomic E-state index is 3.62. The predicted octanol–water partition coefficient (Wildman–Crippen LogP) is 6.83. The first kappa shape index (κ1) is 16.7. The summed E-state index contributed by atoms with van der Waals surface area (Å²) in [6.45, 7) is 7.59. The molecule has 0 bridgehead atoms. The summed E-state index contributed by atoms with van der Waals surface area (Å²) in [7, 11) is 0. The molecule has 1 aliphatic carbocycles. The molecule has 1 atom stereocenters. The van der Waals surface area contributed by atoms with E-state index in [2.05, 4.69) is 98.9 Å². The predicted molar refractivity (Wildman–Crippen MR) is 113 cm³/mol. The van der Waals surface area contributed by atoms with Crippen LogP contribution >= 0.6 is 0 Å². The van der Waals surface area contributed by atoms with E-state index in [-0.39, 0.29) is 0 Å². The van der Waals surface area contributed by atoms with Crippen LogP contribution in [0.1, 0.15) is 37.8 Å². The Bertz CT molecular complexity index is 1010. The summed E-state index contributed by atoms with van der Waals surface area (Å²) in [4.78, 5) is 0. The van der Waals surface area contributed by atoms with Crippen molar-refractivity contribution in [2.75, 3.05) is 5.32 Å². The van der Waals surface area contributed by atoms with Crippen LogP contribution in [-0.4, -0.2) is 0 Å². The minimum atomic E-state index is 0.396. The van der Waals surface area contributed by atoms with Crippen LogP contribution < -0.4 is 5.32 Å². The van der Waals surface area contributed by atoms with Gasteiger partial charge in [-0.2, -0.15) is 0 Å². The van der Waals surface area contributed by atoms with E-state index in [1.807, 2.05) is 0 Å². The molecule has 0 aliphatic heterocycles. The summed E-state index contributed by atoms with van der Waals surface area (Å²) in [6.07, 6.45) is 2.34. The van der Waals surface area contributed by atoms with Gasteiger partial charge in [-0.1, -0.05) is 77.4 Å². The van der Waals surface area contributed by atoms with Gasteiger partial charge >= 0.3 is 0 Å². The zero-order valence-corrected chi connectivity index (χ0v) is 15.7. The molecular weight excluding hydrogens is 314 g/mol. The van der Waals surface area contributed by atoms with E-state index in [4.69, 9.17) is 0 Å². The number of fused-ring (bicyclic) bond motifs is 1. The number of benzene rings is 3. The van der Waals surface area contributed by atoms with Crippen LogP contribution in [0.3, 0.4) is 0 Å². The van der Waals surface area contributed by atoms with Crippen LogP contribution in [0.2, 0.25) is 0 Å². The molecule has 0 heterocycles. The Morgan fingerprint density at radius 2 is 1.54 bits per heavy atom. The molecule has 1 nitrogen and oxygen atoms in total. The van der Waals surface area contributed by atoms with E-state index in [1.54, 1.807) is 0 Å². The molecule has 0 aromatic heterocycles. The van der Waals surface area contributed by atoms with Gasteiger partial charge in [0.15, 0.2) is 0 Å². The molecule has 0 spiro atoms. The van der Waals surface area contributed by atoms with Crippen LogP contribution in [0.4, 0.5) is 5.69 Å². The first-order valence-electron chi connectivity index (χ1n) is 9.30.